The number of hydrogen-bond donors (Lipinski definition) is 3. The van der Waals surface area contributed by atoms with Crippen LogP contribution < -0.4 is 10.6 Å². The maximum absolute atomic E-state index is 14.9. The van der Waals surface area contributed by atoms with Crippen LogP contribution in [-0.4, -0.2) is 58.3 Å². The fourth-order valence-electron chi connectivity index (χ4n) is 5.49. The van der Waals surface area contributed by atoms with Crippen LogP contribution in [0.4, 0.5) is 8.78 Å². The molecule has 6 atom stereocenters. The summed E-state index contributed by atoms with van der Waals surface area (Å²) in [5.74, 6) is -6.95. The van der Waals surface area contributed by atoms with E-state index in [-0.39, 0.29) is 24.3 Å². The molecule has 3 saturated heterocycles. The van der Waals surface area contributed by atoms with E-state index in [0.29, 0.717) is 19.4 Å². The summed E-state index contributed by atoms with van der Waals surface area (Å²) in [5, 5.41) is 25.8. The van der Waals surface area contributed by atoms with Crippen molar-refractivity contribution >= 4 is 17.7 Å². The maximum atomic E-state index is 14.9. The van der Waals surface area contributed by atoms with Gasteiger partial charge in [-0.05, 0) is 38.2 Å². The van der Waals surface area contributed by atoms with Crippen LogP contribution >= 0.6 is 0 Å². The summed E-state index contributed by atoms with van der Waals surface area (Å²) in [6.45, 7) is 1.77. The van der Waals surface area contributed by atoms with Gasteiger partial charge in [0.15, 0.2) is 5.60 Å². The van der Waals surface area contributed by atoms with E-state index in [1.807, 2.05) is 6.07 Å². The first-order valence-electron chi connectivity index (χ1n) is 11.5. The van der Waals surface area contributed by atoms with E-state index in [9.17, 15) is 33.5 Å². The van der Waals surface area contributed by atoms with Crippen molar-refractivity contribution in [1.29, 1.82) is 5.26 Å². The number of alkyl halides is 2. The quantitative estimate of drug-likeness (QED) is 0.576. The van der Waals surface area contributed by atoms with Gasteiger partial charge >= 0.3 is 0 Å². The molecule has 3 aliphatic heterocycles. The van der Waals surface area contributed by atoms with Crippen LogP contribution in [0.1, 0.15) is 44.6 Å². The number of benzene rings is 1. The highest BCUT2D eigenvalue weighted by atomic mass is 19.3. The highest BCUT2D eigenvalue weighted by molar-refractivity contribution is 5.93. The first-order chi connectivity index (χ1) is 16.1. The van der Waals surface area contributed by atoms with Gasteiger partial charge in [0.1, 0.15) is 12.1 Å². The van der Waals surface area contributed by atoms with Crippen LogP contribution in [0.15, 0.2) is 30.3 Å². The SMILES string of the molecule is C[C@](O)(C(=O)N1[C@H]2CC[C@@H]([C@@H]1C(=O)N[C@@H](C#N)C[C@H]1CCNC1=O)C(F)(F)C2)c1ccccc1. The molecule has 3 heterocycles. The standard InChI is InChI=1S/C24H28F2N4O4/c1-23(34,15-5-3-2-4-6-15)22(33)30-17-7-8-18(24(25,26)12-17)19(30)21(32)29-16(13-27)11-14-9-10-28-20(14)31/h2-6,14,16-19,34H,7-12H2,1H3,(H,28,31)(H,29,32)/t14-,16-,17+,18+,19-,23-/m1/s1. The van der Waals surface area contributed by atoms with Gasteiger partial charge < -0.3 is 20.6 Å². The van der Waals surface area contributed by atoms with E-state index in [1.54, 1.807) is 30.3 Å². The molecule has 4 fully saturated rings. The molecule has 1 saturated carbocycles. The number of hydrogen-bond acceptors (Lipinski definition) is 5. The third-order valence-electron chi connectivity index (χ3n) is 7.35. The van der Waals surface area contributed by atoms with Gasteiger partial charge in [-0.2, -0.15) is 5.26 Å². The van der Waals surface area contributed by atoms with Crippen molar-refractivity contribution in [1.82, 2.24) is 15.5 Å². The molecule has 0 aromatic heterocycles. The molecule has 3 N–H and O–H groups in total. The molecule has 8 nitrogen and oxygen atoms in total. The first kappa shape index (κ1) is 24.1. The molecule has 0 radical (unpaired) electrons. The number of carbonyl (C=O) groups is 3. The van der Waals surface area contributed by atoms with Gasteiger partial charge in [-0.1, -0.05) is 30.3 Å². The summed E-state index contributed by atoms with van der Waals surface area (Å²) in [7, 11) is 0. The molecule has 4 aliphatic rings. The van der Waals surface area contributed by atoms with Crippen LogP contribution in [-0.2, 0) is 20.0 Å². The summed E-state index contributed by atoms with van der Waals surface area (Å²) in [6, 6.07) is 6.55. The van der Waals surface area contributed by atoms with Crippen LogP contribution in [0.25, 0.3) is 0 Å². The Kier molecular flexibility index (Phi) is 6.34. The molecular formula is C24H28F2N4O4. The molecule has 1 aromatic carbocycles. The zero-order valence-electron chi connectivity index (χ0n) is 18.8. The van der Waals surface area contributed by atoms with Gasteiger partial charge in [0.05, 0.1) is 12.0 Å². The van der Waals surface area contributed by atoms with E-state index >= 15 is 0 Å². The Morgan fingerprint density at radius 2 is 2.03 bits per heavy atom. The number of amides is 3. The van der Waals surface area contributed by atoms with Gasteiger partial charge in [-0.15, -0.1) is 0 Å². The third-order valence-corrected chi connectivity index (χ3v) is 7.35. The number of carbonyl (C=O) groups excluding carboxylic acids is 3. The summed E-state index contributed by atoms with van der Waals surface area (Å²) >= 11 is 0. The Morgan fingerprint density at radius 3 is 2.62 bits per heavy atom. The lowest BCUT2D eigenvalue weighted by Crippen LogP contribution is -2.70. The minimum Gasteiger partial charge on any atom is -0.376 e. The number of piperidine rings is 2. The average Bonchev–Trinajstić information content (AvgIpc) is 3.21. The van der Waals surface area contributed by atoms with Crippen molar-refractivity contribution in [3.63, 3.8) is 0 Å². The maximum Gasteiger partial charge on any atom is 0.259 e. The Bertz CT molecular complexity index is 1010. The Labute approximate surface area is 196 Å². The van der Waals surface area contributed by atoms with Gasteiger partial charge in [-0.3, -0.25) is 14.4 Å². The van der Waals surface area contributed by atoms with Crippen molar-refractivity contribution in [3.05, 3.63) is 35.9 Å². The zero-order chi connectivity index (χ0) is 24.7. The molecule has 0 spiro atoms. The number of rotatable bonds is 6. The summed E-state index contributed by atoms with van der Waals surface area (Å²) in [5.41, 5.74) is -1.74. The Hall–Kier alpha value is -3.06. The molecule has 3 amide bonds. The van der Waals surface area contributed by atoms with E-state index < -0.39 is 59.7 Å². The smallest absolute Gasteiger partial charge is 0.259 e. The van der Waals surface area contributed by atoms with Crippen molar-refractivity contribution in [2.45, 2.75) is 68.7 Å². The summed E-state index contributed by atoms with van der Waals surface area (Å²) < 4.78 is 29.7. The van der Waals surface area contributed by atoms with Crippen LogP contribution in [0.2, 0.25) is 0 Å². The predicted molar refractivity (Wildman–Crippen MR) is 116 cm³/mol. The largest absolute Gasteiger partial charge is 0.376 e. The molecule has 182 valence electrons. The van der Waals surface area contributed by atoms with E-state index in [4.69, 9.17) is 0 Å². The number of nitrogens with zero attached hydrogens (tertiary/aromatic N) is 2. The van der Waals surface area contributed by atoms with E-state index in [1.165, 1.54) is 6.92 Å². The first-order valence-corrected chi connectivity index (χ1v) is 11.5. The fourth-order valence-corrected chi connectivity index (χ4v) is 5.49. The van der Waals surface area contributed by atoms with Crippen LogP contribution in [0, 0.1) is 23.2 Å². The molecule has 34 heavy (non-hydrogen) atoms. The Morgan fingerprint density at radius 1 is 1.32 bits per heavy atom. The molecular weight excluding hydrogens is 446 g/mol. The molecule has 1 aliphatic carbocycles. The second-order valence-corrected chi connectivity index (χ2v) is 9.60. The number of halogens is 2. The van der Waals surface area contributed by atoms with Crippen LogP contribution in [0.3, 0.4) is 0 Å². The monoisotopic (exact) mass is 474 g/mol. The number of fused-ring (bicyclic) bond motifs is 3. The summed E-state index contributed by atoms with van der Waals surface area (Å²) in [6.07, 6.45) is 0.340. The van der Waals surface area contributed by atoms with Crippen molar-refractivity contribution in [2.75, 3.05) is 6.54 Å². The minimum absolute atomic E-state index is 0.0509. The topological polar surface area (TPSA) is 123 Å². The Balaban J connectivity index is 1.60. The number of aliphatic hydroxyl groups is 1. The number of nitrogens with one attached hydrogen (secondary N) is 2. The third kappa shape index (κ3) is 4.25. The fraction of sp³-hybridized carbons (Fsp3) is 0.583. The summed E-state index contributed by atoms with van der Waals surface area (Å²) in [4.78, 5) is 39.8. The van der Waals surface area contributed by atoms with Crippen molar-refractivity contribution in [3.8, 4) is 6.07 Å². The molecule has 5 rings (SSSR count). The minimum atomic E-state index is -3.16. The predicted octanol–water partition coefficient (Wildman–Crippen LogP) is 1.44. The highest BCUT2D eigenvalue weighted by Gasteiger charge is 2.62. The normalized spacial score (nSPS) is 30.1. The van der Waals surface area contributed by atoms with E-state index in [2.05, 4.69) is 10.6 Å². The molecule has 10 heteroatoms. The van der Waals surface area contributed by atoms with Crippen LogP contribution in [0.5, 0.6) is 0 Å². The highest BCUT2D eigenvalue weighted by Crippen LogP contribution is 2.50. The molecule has 1 aromatic rings. The average molecular weight is 475 g/mol. The second-order valence-electron chi connectivity index (χ2n) is 9.60. The van der Waals surface area contributed by atoms with Crippen molar-refractivity contribution in [2.24, 2.45) is 11.8 Å². The number of nitriles is 1. The zero-order valence-corrected chi connectivity index (χ0v) is 18.8. The van der Waals surface area contributed by atoms with Crippen molar-refractivity contribution < 1.29 is 28.3 Å². The lowest BCUT2D eigenvalue weighted by Gasteiger charge is -2.54. The lowest BCUT2D eigenvalue weighted by molar-refractivity contribution is -0.203. The van der Waals surface area contributed by atoms with Gasteiger partial charge in [0.25, 0.3) is 11.8 Å². The van der Waals surface area contributed by atoms with E-state index in [0.717, 1.165) is 4.90 Å². The second kappa shape index (κ2) is 8.95. The lowest BCUT2D eigenvalue weighted by atomic mass is 9.70. The van der Waals surface area contributed by atoms with Gasteiger partial charge in [-0.25, -0.2) is 8.78 Å². The van der Waals surface area contributed by atoms with Gasteiger partial charge in [0.2, 0.25) is 11.8 Å². The molecule has 0 unspecified atom stereocenters. The molecule has 2 bridgehead atoms. The van der Waals surface area contributed by atoms with Gasteiger partial charge in [0, 0.05) is 24.9 Å².